The summed E-state index contributed by atoms with van der Waals surface area (Å²) in [5.41, 5.74) is 2.74. The third kappa shape index (κ3) is 4.81. The number of hydrogen-bond donors (Lipinski definition) is 1. The second kappa shape index (κ2) is 8.11. The predicted molar refractivity (Wildman–Crippen MR) is 93.4 cm³/mol. The van der Waals surface area contributed by atoms with E-state index in [1.165, 1.54) is 18.6 Å². The highest BCUT2D eigenvalue weighted by molar-refractivity contribution is 6.06. The topological polar surface area (TPSA) is 63.6 Å². The molecule has 0 amide bonds. The summed E-state index contributed by atoms with van der Waals surface area (Å²) in [7, 11) is 0. The highest BCUT2D eigenvalue weighted by Gasteiger charge is 2.12. The highest BCUT2D eigenvalue weighted by atomic mass is 16.5. The molecule has 1 unspecified atom stereocenters. The van der Waals surface area contributed by atoms with E-state index in [4.69, 9.17) is 9.84 Å². The molecule has 0 aliphatic heterocycles. The maximum Gasteiger partial charge on any atom is 0.344 e. The number of hydrogen-bond acceptors (Lipinski definition) is 3. The molecular formula is C20H20O4. The first kappa shape index (κ1) is 17.5. The molecule has 2 aromatic rings. The number of ether oxygens (including phenoxy) is 1. The second-order valence-electron chi connectivity index (χ2n) is 5.42. The van der Waals surface area contributed by atoms with Crippen LogP contribution in [0.15, 0.2) is 54.6 Å². The molecule has 0 radical (unpaired) electrons. The number of aryl methyl sites for hydroxylation is 1. The maximum atomic E-state index is 12.2. The van der Waals surface area contributed by atoms with E-state index in [-0.39, 0.29) is 5.78 Å². The van der Waals surface area contributed by atoms with Crippen molar-refractivity contribution in [2.24, 2.45) is 0 Å². The van der Waals surface area contributed by atoms with Gasteiger partial charge in [-0.25, -0.2) is 4.79 Å². The standard InChI is InChI=1S/C20H20O4/c1-3-15-4-6-16(7-5-15)8-13-19(21)17-9-11-18(12-10-17)24-14(2)20(22)23/h4-14H,3H2,1-2H3,(H,22,23)/b13-8+. The third-order valence-corrected chi connectivity index (χ3v) is 3.61. The van der Waals surface area contributed by atoms with Crippen LogP contribution in [0.3, 0.4) is 0 Å². The van der Waals surface area contributed by atoms with E-state index < -0.39 is 12.1 Å². The van der Waals surface area contributed by atoms with Crippen molar-refractivity contribution < 1.29 is 19.4 Å². The van der Waals surface area contributed by atoms with E-state index in [0.717, 1.165) is 12.0 Å². The van der Waals surface area contributed by atoms with Gasteiger partial charge in [-0.05, 0) is 54.8 Å². The number of carbonyl (C=O) groups excluding carboxylic acids is 1. The third-order valence-electron chi connectivity index (χ3n) is 3.61. The molecule has 0 spiro atoms. The number of ketones is 1. The van der Waals surface area contributed by atoms with Gasteiger partial charge < -0.3 is 9.84 Å². The van der Waals surface area contributed by atoms with Gasteiger partial charge in [-0.3, -0.25) is 4.79 Å². The van der Waals surface area contributed by atoms with Gasteiger partial charge in [-0.15, -0.1) is 0 Å². The molecular weight excluding hydrogens is 304 g/mol. The summed E-state index contributed by atoms with van der Waals surface area (Å²) in [6.07, 6.45) is 3.35. The molecule has 0 aromatic heterocycles. The minimum atomic E-state index is -1.04. The Hall–Kier alpha value is -2.88. The Balaban J connectivity index is 2.01. The van der Waals surface area contributed by atoms with Gasteiger partial charge in [0.1, 0.15) is 5.75 Å². The lowest BCUT2D eigenvalue weighted by molar-refractivity contribution is -0.144. The maximum absolute atomic E-state index is 12.2. The Labute approximate surface area is 141 Å². The minimum Gasteiger partial charge on any atom is -0.479 e. The molecule has 0 saturated carbocycles. The Kier molecular flexibility index (Phi) is 5.90. The van der Waals surface area contributed by atoms with E-state index in [1.807, 2.05) is 24.3 Å². The quantitative estimate of drug-likeness (QED) is 0.618. The van der Waals surface area contributed by atoms with Crippen LogP contribution in [-0.2, 0) is 11.2 Å². The van der Waals surface area contributed by atoms with Gasteiger partial charge in [0.25, 0.3) is 0 Å². The number of carboxylic acids is 1. The number of carbonyl (C=O) groups is 2. The number of carboxylic acid groups (broad SMARTS) is 1. The summed E-state index contributed by atoms with van der Waals surface area (Å²) >= 11 is 0. The van der Waals surface area contributed by atoms with E-state index >= 15 is 0 Å². The molecule has 0 bridgehead atoms. The zero-order chi connectivity index (χ0) is 17.5. The fraction of sp³-hybridized carbons (Fsp3) is 0.200. The van der Waals surface area contributed by atoms with Gasteiger partial charge in [-0.2, -0.15) is 0 Å². The fourth-order valence-electron chi connectivity index (χ4n) is 2.08. The number of aliphatic carboxylic acids is 1. The Bertz CT molecular complexity index is 727. The highest BCUT2D eigenvalue weighted by Crippen LogP contribution is 2.15. The monoisotopic (exact) mass is 324 g/mol. The Morgan fingerprint density at radius 1 is 1.08 bits per heavy atom. The molecule has 24 heavy (non-hydrogen) atoms. The molecule has 4 nitrogen and oxygen atoms in total. The van der Waals surface area contributed by atoms with Crippen molar-refractivity contribution in [3.63, 3.8) is 0 Å². The SMILES string of the molecule is CCc1ccc(/C=C/C(=O)c2ccc(OC(C)C(=O)O)cc2)cc1. The number of rotatable bonds is 7. The summed E-state index contributed by atoms with van der Waals surface area (Å²) in [5.74, 6) is -0.736. The van der Waals surface area contributed by atoms with Crippen LogP contribution in [0.25, 0.3) is 6.08 Å². The van der Waals surface area contributed by atoms with Crippen molar-refractivity contribution in [1.29, 1.82) is 0 Å². The summed E-state index contributed by atoms with van der Waals surface area (Å²) < 4.78 is 5.23. The molecule has 4 heteroatoms. The van der Waals surface area contributed by atoms with Crippen LogP contribution in [0.1, 0.15) is 35.3 Å². The summed E-state index contributed by atoms with van der Waals surface area (Å²) in [6.45, 7) is 3.55. The molecule has 1 atom stereocenters. The van der Waals surface area contributed by atoms with Crippen molar-refractivity contribution in [1.82, 2.24) is 0 Å². The zero-order valence-corrected chi connectivity index (χ0v) is 13.7. The lowest BCUT2D eigenvalue weighted by atomic mass is 10.1. The summed E-state index contributed by atoms with van der Waals surface area (Å²) in [6, 6.07) is 14.5. The van der Waals surface area contributed by atoms with Gasteiger partial charge in [0, 0.05) is 5.56 Å². The average molecular weight is 324 g/mol. The number of allylic oxidation sites excluding steroid dienone is 1. The molecule has 0 saturated heterocycles. The van der Waals surface area contributed by atoms with Crippen molar-refractivity contribution in [3.05, 3.63) is 71.3 Å². The molecule has 0 aliphatic rings. The van der Waals surface area contributed by atoms with Crippen molar-refractivity contribution >= 4 is 17.8 Å². The average Bonchev–Trinajstić information content (AvgIpc) is 2.60. The van der Waals surface area contributed by atoms with Crippen molar-refractivity contribution in [2.75, 3.05) is 0 Å². The van der Waals surface area contributed by atoms with Crippen LogP contribution in [0, 0.1) is 0 Å². The van der Waals surface area contributed by atoms with E-state index in [0.29, 0.717) is 11.3 Å². The fourth-order valence-corrected chi connectivity index (χ4v) is 2.08. The van der Waals surface area contributed by atoms with Crippen LogP contribution in [0.5, 0.6) is 5.75 Å². The van der Waals surface area contributed by atoms with Crippen LogP contribution in [0.4, 0.5) is 0 Å². The largest absolute Gasteiger partial charge is 0.479 e. The van der Waals surface area contributed by atoms with Gasteiger partial charge in [-0.1, -0.05) is 37.3 Å². The Morgan fingerprint density at radius 2 is 1.71 bits per heavy atom. The molecule has 2 aromatic carbocycles. The van der Waals surface area contributed by atoms with Gasteiger partial charge in [0.05, 0.1) is 0 Å². The smallest absolute Gasteiger partial charge is 0.344 e. The van der Waals surface area contributed by atoms with Crippen molar-refractivity contribution in [3.8, 4) is 5.75 Å². The molecule has 0 fully saturated rings. The van der Waals surface area contributed by atoms with Gasteiger partial charge in [0.2, 0.25) is 0 Å². The molecule has 0 heterocycles. The van der Waals surface area contributed by atoms with Gasteiger partial charge >= 0.3 is 5.97 Å². The minimum absolute atomic E-state index is 0.118. The first-order valence-electron chi connectivity index (χ1n) is 7.80. The van der Waals surface area contributed by atoms with Crippen LogP contribution in [-0.4, -0.2) is 23.0 Å². The zero-order valence-electron chi connectivity index (χ0n) is 13.7. The molecule has 0 aliphatic carbocycles. The first-order valence-corrected chi connectivity index (χ1v) is 7.80. The van der Waals surface area contributed by atoms with Crippen LogP contribution in [0.2, 0.25) is 0 Å². The van der Waals surface area contributed by atoms with E-state index in [1.54, 1.807) is 30.3 Å². The molecule has 1 N–H and O–H groups in total. The normalized spacial score (nSPS) is 12.1. The van der Waals surface area contributed by atoms with Gasteiger partial charge in [0.15, 0.2) is 11.9 Å². The lowest BCUT2D eigenvalue weighted by Gasteiger charge is -2.10. The first-order chi connectivity index (χ1) is 11.5. The van der Waals surface area contributed by atoms with Crippen LogP contribution >= 0.6 is 0 Å². The molecule has 2 rings (SSSR count). The molecule has 124 valence electrons. The van der Waals surface area contributed by atoms with E-state index in [9.17, 15) is 9.59 Å². The predicted octanol–water partition coefficient (Wildman–Crippen LogP) is 4.00. The summed E-state index contributed by atoms with van der Waals surface area (Å²) in [4.78, 5) is 22.9. The lowest BCUT2D eigenvalue weighted by Crippen LogP contribution is -2.22. The van der Waals surface area contributed by atoms with Crippen molar-refractivity contribution in [2.45, 2.75) is 26.4 Å². The number of benzene rings is 2. The van der Waals surface area contributed by atoms with E-state index in [2.05, 4.69) is 6.92 Å². The van der Waals surface area contributed by atoms with Crippen LogP contribution < -0.4 is 4.74 Å². The second-order valence-corrected chi connectivity index (χ2v) is 5.42. The summed E-state index contributed by atoms with van der Waals surface area (Å²) in [5, 5.41) is 8.81. The Morgan fingerprint density at radius 3 is 2.25 bits per heavy atom.